The molecule has 0 aliphatic rings. The van der Waals surface area contributed by atoms with Gasteiger partial charge >= 0.3 is 0 Å². The minimum atomic E-state index is 0.535. The Morgan fingerprint density at radius 3 is 2.53 bits per heavy atom. The van der Waals surface area contributed by atoms with Crippen LogP contribution in [-0.4, -0.2) is 10.2 Å². The first kappa shape index (κ1) is 9.81. The van der Waals surface area contributed by atoms with Gasteiger partial charge in [-0.1, -0.05) is 28.1 Å². The van der Waals surface area contributed by atoms with Crippen LogP contribution in [-0.2, 0) is 0 Å². The van der Waals surface area contributed by atoms with Crippen LogP contribution in [0.3, 0.4) is 0 Å². The third kappa shape index (κ3) is 2.03. The van der Waals surface area contributed by atoms with Gasteiger partial charge in [0.1, 0.15) is 11.8 Å². The molecule has 0 fully saturated rings. The molecule has 0 amide bonds. The number of nitriles is 1. The minimum Gasteiger partial charge on any atom is -0.192 e. The predicted molar refractivity (Wildman–Crippen MR) is 59.9 cm³/mol. The third-order valence-corrected chi connectivity index (χ3v) is 2.49. The Kier molecular flexibility index (Phi) is 2.75. The van der Waals surface area contributed by atoms with Crippen LogP contribution >= 0.6 is 15.9 Å². The van der Waals surface area contributed by atoms with Crippen LogP contribution in [0.2, 0.25) is 0 Å². The van der Waals surface area contributed by atoms with Crippen LogP contribution in [0.5, 0.6) is 0 Å². The summed E-state index contributed by atoms with van der Waals surface area (Å²) in [6.07, 6.45) is 1.51. The molecule has 4 heteroatoms. The molecular formula is C11H6BrN3. The van der Waals surface area contributed by atoms with Crippen molar-refractivity contribution in [2.45, 2.75) is 0 Å². The van der Waals surface area contributed by atoms with Gasteiger partial charge in [-0.2, -0.15) is 10.4 Å². The molecule has 1 heterocycles. The Labute approximate surface area is 95.5 Å². The van der Waals surface area contributed by atoms with E-state index >= 15 is 0 Å². The summed E-state index contributed by atoms with van der Waals surface area (Å²) in [6, 6.07) is 11.4. The number of nitrogens with zero attached hydrogens (tertiary/aromatic N) is 3. The highest BCUT2D eigenvalue weighted by Crippen LogP contribution is 2.21. The number of rotatable bonds is 1. The van der Waals surface area contributed by atoms with Crippen molar-refractivity contribution in [3.8, 4) is 17.3 Å². The zero-order valence-corrected chi connectivity index (χ0v) is 9.27. The van der Waals surface area contributed by atoms with Crippen LogP contribution in [0.15, 0.2) is 41.0 Å². The number of hydrogen-bond acceptors (Lipinski definition) is 3. The molecule has 2 rings (SSSR count). The second-order valence-electron chi connectivity index (χ2n) is 2.91. The standard InChI is InChI=1S/C11H6BrN3/c12-10-3-1-8(2-4-10)11-9(7-13)5-6-14-15-11/h1-6H. The fourth-order valence-electron chi connectivity index (χ4n) is 1.24. The summed E-state index contributed by atoms with van der Waals surface area (Å²) in [5, 5.41) is 16.6. The van der Waals surface area contributed by atoms with E-state index in [2.05, 4.69) is 32.2 Å². The molecule has 0 atom stereocenters. The van der Waals surface area contributed by atoms with Crippen molar-refractivity contribution in [2.24, 2.45) is 0 Å². The van der Waals surface area contributed by atoms with Crippen molar-refractivity contribution < 1.29 is 0 Å². The molecule has 0 saturated heterocycles. The maximum atomic E-state index is 8.91. The van der Waals surface area contributed by atoms with Crippen molar-refractivity contribution in [3.63, 3.8) is 0 Å². The Morgan fingerprint density at radius 2 is 1.87 bits per heavy atom. The molecule has 0 radical (unpaired) electrons. The summed E-state index contributed by atoms with van der Waals surface area (Å²) in [5.74, 6) is 0. The molecule has 2 aromatic rings. The quantitative estimate of drug-likeness (QED) is 0.792. The lowest BCUT2D eigenvalue weighted by atomic mass is 10.1. The summed E-state index contributed by atoms with van der Waals surface area (Å²) in [4.78, 5) is 0. The van der Waals surface area contributed by atoms with Gasteiger partial charge < -0.3 is 0 Å². The average Bonchev–Trinajstić information content (AvgIpc) is 2.30. The molecule has 0 aliphatic carbocycles. The van der Waals surface area contributed by atoms with Crippen molar-refractivity contribution in [1.82, 2.24) is 10.2 Å². The molecule has 1 aromatic carbocycles. The van der Waals surface area contributed by atoms with Crippen molar-refractivity contribution >= 4 is 15.9 Å². The Balaban J connectivity index is 2.55. The van der Waals surface area contributed by atoms with E-state index in [1.165, 1.54) is 6.20 Å². The minimum absolute atomic E-state index is 0.535. The van der Waals surface area contributed by atoms with E-state index in [4.69, 9.17) is 5.26 Å². The SMILES string of the molecule is N#Cc1ccnnc1-c1ccc(Br)cc1. The monoisotopic (exact) mass is 259 g/mol. The molecule has 0 saturated carbocycles. The number of aromatic nitrogens is 2. The van der Waals surface area contributed by atoms with Gasteiger partial charge in [-0.3, -0.25) is 0 Å². The van der Waals surface area contributed by atoms with Crippen molar-refractivity contribution in [1.29, 1.82) is 5.26 Å². The van der Waals surface area contributed by atoms with Crippen LogP contribution in [0, 0.1) is 11.3 Å². The Hall–Kier alpha value is -1.73. The molecule has 15 heavy (non-hydrogen) atoms. The topological polar surface area (TPSA) is 49.6 Å². The van der Waals surface area contributed by atoms with Gasteiger partial charge in [-0.05, 0) is 18.2 Å². The summed E-state index contributed by atoms with van der Waals surface area (Å²) in [6.45, 7) is 0. The van der Waals surface area contributed by atoms with Gasteiger partial charge in [0.15, 0.2) is 0 Å². The third-order valence-electron chi connectivity index (χ3n) is 1.96. The van der Waals surface area contributed by atoms with Crippen molar-refractivity contribution in [2.75, 3.05) is 0 Å². The Morgan fingerprint density at radius 1 is 1.13 bits per heavy atom. The number of benzene rings is 1. The summed E-state index contributed by atoms with van der Waals surface area (Å²) in [7, 11) is 0. The Bertz CT molecular complexity index is 514. The first-order valence-corrected chi connectivity index (χ1v) is 5.08. The van der Waals surface area contributed by atoms with E-state index < -0.39 is 0 Å². The summed E-state index contributed by atoms with van der Waals surface area (Å²) < 4.78 is 0.994. The number of halogens is 1. The molecule has 0 N–H and O–H groups in total. The molecule has 3 nitrogen and oxygen atoms in total. The highest BCUT2D eigenvalue weighted by Gasteiger charge is 2.05. The first-order chi connectivity index (χ1) is 7.31. The van der Waals surface area contributed by atoms with Gasteiger partial charge in [-0.25, -0.2) is 0 Å². The number of hydrogen-bond donors (Lipinski definition) is 0. The smallest absolute Gasteiger partial charge is 0.111 e. The largest absolute Gasteiger partial charge is 0.192 e. The van der Waals surface area contributed by atoms with E-state index in [0.717, 1.165) is 10.0 Å². The van der Waals surface area contributed by atoms with Gasteiger partial charge in [0.05, 0.1) is 11.8 Å². The van der Waals surface area contributed by atoms with E-state index in [1.807, 2.05) is 24.3 Å². The van der Waals surface area contributed by atoms with E-state index in [9.17, 15) is 0 Å². The normalized spacial score (nSPS) is 9.60. The maximum Gasteiger partial charge on any atom is 0.111 e. The highest BCUT2D eigenvalue weighted by atomic mass is 79.9. The van der Waals surface area contributed by atoms with Gasteiger partial charge in [0.2, 0.25) is 0 Å². The van der Waals surface area contributed by atoms with E-state index in [-0.39, 0.29) is 0 Å². The van der Waals surface area contributed by atoms with Crippen LogP contribution in [0.4, 0.5) is 0 Å². The molecule has 0 spiro atoms. The lowest BCUT2D eigenvalue weighted by Crippen LogP contribution is -1.90. The van der Waals surface area contributed by atoms with Crippen LogP contribution in [0.25, 0.3) is 11.3 Å². The zero-order chi connectivity index (χ0) is 10.7. The summed E-state index contributed by atoms with van der Waals surface area (Å²) in [5.41, 5.74) is 2.04. The average molecular weight is 260 g/mol. The van der Waals surface area contributed by atoms with Crippen LogP contribution < -0.4 is 0 Å². The van der Waals surface area contributed by atoms with Crippen LogP contribution in [0.1, 0.15) is 5.56 Å². The predicted octanol–water partition coefficient (Wildman–Crippen LogP) is 2.78. The lowest BCUT2D eigenvalue weighted by molar-refractivity contribution is 1.03. The maximum absolute atomic E-state index is 8.91. The fraction of sp³-hybridized carbons (Fsp3) is 0. The van der Waals surface area contributed by atoms with Gasteiger partial charge in [0.25, 0.3) is 0 Å². The van der Waals surface area contributed by atoms with Gasteiger partial charge in [0, 0.05) is 10.0 Å². The molecule has 0 unspecified atom stereocenters. The van der Waals surface area contributed by atoms with Crippen molar-refractivity contribution in [3.05, 3.63) is 46.6 Å². The van der Waals surface area contributed by atoms with E-state index in [1.54, 1.807) is 6.07 Å². The van der Waals surface area contributed by atoms with E-state index in [0.29, 0.717) is 11.3 Å². The molecule has 1 aromatic heterocycles. The highest BCUT2D eigenvalue weighted by molar-refractivity contribution is 9.10. The fourth-order valence-corrected chi connectivity index (χ4v) is 1.51. The first-order valence-electron chi connectivity index (χ1n) is 4.29. The lowest BCUT2D eigenvalue weighted by Gasteiger charge is -2.01. The molecule has 72 valence electrons. The molecular weight excluding hydrogens is 254 g/mol. The second-order valence-corrected chi connectivity index (χ2v) is 3.83. The molecule has 0 bridgehead atoms. The summed E-state index contributed by atoms with van der Waals surface area (Å²) >= 11 is 3.35. The molecule has 0 aliphatic heterocycles. The van der Waals surface area contributed by atoms with Gasteiger partial charge in [-0.15, -0.1) is 5.10 Å². The zero-order valence-electron chi connectivity index (χ0n) is 7.68. The second kappa shape index (κ2) is 4.20.